The van der Waals surface area contributed by atoms with Crippen molar-refractivity contribution in [2.24, 2.45) is 0 Å². The number of rotatable bonds is 4. The number of pyridine rings is 1. The van der Waals surface area contributed by atoms with Crippen molar-refractivity contribution in [1.82, 2.24) is 4.98 Å². The zero-order chi connectivity index (χ0) is 12.3. The van der Waals surface area contributed by atoms with Crippen molar-refractivity contribution in [2.45, 2.75) is 26.1 Å². The largest absolute Gasteiger partial charge is 0.386 e. The fourth-order valence-electron chi connectivity index (χ4n) is 1.65. The van der Waals surface area contributed by atoms with Gasteiger partial charge in [-0.3, -0.25) is 4.98 Å². The summed E-state index contributed by atoms with van der Waals surface area (Å²) in [6, 6.07) is 9.81. The monoisotopic (exact) mass is 231 g/mol. The predicted molar refractivity (Wildman–Crippen MR) is 67.8 cm³/mol. The minimum atomic E-state index is -0.616. The van der Waals surface area contributed by atoms with Gasteiger partial charge < -0.3 is 9.84 Å². The van der Waals surface area contributed by atoms with E-state index in [1.807, 2.05) is 44.2 Å². The summed E-state index contributed by atoms with van der Waals surface area (Å²) in [5, 5.41) is 11.0. The highest BCUT2D eigenvalue weighted by Gasteiger charge is 2.09. The highest BCUT2D eigenvalue weighted by Crippen LogP contribution is 2.18. The Kier molecular flexibility index (Phi) is 3.71. The number of benzene rings is 1. The standard InChI is InChI=1S/C14H17NO2/c1-10(2)17-9-14(16)12-7-11-5-3-4-6-13(11)15-8-12/h3-8,10,14,16H,9H2,1-2H3. The average molecular weight is 231 g/mol. The molecule has 2 rings (SSSR count). The van der Waals surface area contributed by atoms with Gasteiger partial charge in [-0.1, -0.05) is 18.2 Å². The number of para-hydroxylation sites is 1. The molecule has 0 amide bonds. The lowest BCUT2D eigenvalue weighted by molar-refractivity contribution is 0.00486. The summed E-state index contributed by atoms with van der Waals surface area (Å²) in [6.07, 6.45) is 1.21. The van der Waals surface area contributed by atoms with Crippen LogP contribution in [0.4, 0.5) is 0 Å². The molecule has 1 aromatic carbocycles. The highest BCUT2D eigenvalue weighted by atomic mass is 16.5. The fourth-order valence-corrected chi connectivity index (χ4v) is 1.65. The van der Waals surface area contributed by atoms with Crippen molar-refractivity contribution < 1.29 is 9.84 Å². The molecule has 1 atom stereocenters. The van der Waals surface area contributed by atoms with Gasteiger partial charge in [0.1, 0.15) is 6.10 Å². The second-order valence-electron chi connectivity index (χ2n) is 4.36. The Hall–Kier alpha value is -1.45. The van der Waals surface area contributed by atoms with Crippen LogP contribution in [0, 0.1) is 0 Å². The summed E-state index contributed by atoms with van der Waals surface area (Å²) >= 11 is 0. The fraction of sp³-hybridized carbons (Fsp3) is 0.357. The van der Waals surface area contributed by atoms with Crippen LogP contribution < -0.4 is 0 Å². The van der Waals surface area contributed by atoms with Crippen molar-refractivity contribution in [3.63, 3.8) is 0 Å². The Morgan fingerprint density at radius 1 is 1.29 bits per heavy atom. The lowest BCUT2D eigenvalue weighted by Gasteiger charge is -2.13. The van der Waals surface area contributed by atoms with E-state index in [4.69, 9.17) is 4.74 Å². The molecule has 0 aliphatic rings. The van der Waals surface area contributed by atoms with Gasteiger partial charge >= 0.3 is 0 Å². The molecule has 0 spiro atoms. The zero-order valence-electron chi connectivity index (χ0n) is 10.1. The second-order valence-corrected chi connectivity index (χ2v) is 4.36. The van der Waals surface area contributed by atoms with Crippen LogP contribution in [-0.2, 0) is 4.74 Å². The summed E-state index contributed by atoms with van der Waals surface area (Å²) in [5.74, 6) is 0. The average Bonchev–Trinajstić information content (AvgIpc) is 2.35. The normalized spacial score (nSPS) is 13.2. The molecule has 90 valence electrons. The number of fused-ring (bicyclic) bond motifs is 1. The summed E-state index contributed by atoms with van der Waals surface area (Å²) in [5.41, 5.74) is 1.73. The third-order valence-electron chi connectivity index (χ3n) is 2.58. The molecule has 0 aliphatic heterocycles. The van der Waals surface area contributed by atoms with E-state index in [0.29, 0.717) is 6.61 Å². The van der Waals surface area contributed by atoms with Crippen LogP contribution in [0.1, 0.15) is 25.5 Å². The minimum Gasteiger partial charge on any atom is -0.386 e. The molecular weight excluding hydrogens is 214 g/mol. The first kappa shape index (κ1) is 12.0. The lowest BCUT2D eigenvalue weighted by Crippen LogP contribution is -2.12. The van der Waals surface area contributed by atoms with Crippen molar-refractivity contribution in [1.29, 1.82) is 0 Å². The number of ether oxygens (including phenoxy) is 1. The lowest BCUT2D eigenvalue weighted by atomic mass is 10.1. The van der Waals surface area contributed by atoms with E-state index < -0.39 is 6.10 Å². The molecule has 0 saturated carbocycles. The molecule has 1 unspecified atom stereocenters. The van der Waals surface area contributed by atoms with Gasteiger partial charge in [0.15, 0.2) is 0 Å². The third kappa shape index (κ3) is 3.02. The molecule has 0 radical (unpaired) electrons. The Labute approximate surface area is 101 Å². The molecule has 0 bridgehead atoms. The first-order valence-electron chi connectivity index (χ1n) is 5.81. The molecule has 1 heterocycles. The van der Waals surface area contributed by atoms with Gasteiger partial charge in [0, 0.05) is 17.1 Å². The van der Waals surface area contributed by atoms with Gasteiger partial charge in [0.25, 0.3) is 0 Å². The summed E-state index contributed by atoms with van der Waals surface area (Å²) in [7, 11) is 0. The van der Waals surface area contributed by atoms with Gasteiger partial charge in [-0.2, -0.15) is 0 Å². The summed E-state index contributed by atoms with van der Waals surface area (Å²) in [6.45, 7) is 4.20. The molecule has 17 heavy (non-hydrogen) atoms. The van der Waals surface area contributed by atoms with Crippen LogP contribution >= 0.6 is 0 Å². The van der Waals surface area contributed by atoms with Crippen LogP contribution in [-0.4, -0.2) is 22.8 Å². The minimum absolute atomic E-state index is 0.123. The molecule has 1 N–H and O–H groups in total. The SMILES string of the molecule is CC(C)OCC(O)c1cnc2ccccc2c1. The van der Waals surface area contributed by atoms with E-state index in [1.165, 1.54) is 0 Å². The third-order valence-corrected chi connectivity index (χ3v) is 2.58. The van der Waals surface area contributed by atoms with E-state index in [2.05, 4.69) is 4.98 Å². The molecule has 0 fully saturated rings. The van der Waals surface area contributed by atoms with E-state index in [1.54, 1.807) is 6.20 Å². The van der Waals surface area contributed by atoms with E-state index in [0.717, 1.165) is 16.5 Å². The quantitative estimate of drug-likeness (QED) is 0.879. The van der Waals surface area contributed by atoms with Crippen LogP contribution in [0.5, 0.6) is 0 Å². The molecule has 1 aromatic heterocycles. The van der Waals surface area contributed by atoms with Crippen LogP contribution in [0.3, 0.4) is 0 Å². The maximum Gasteiger partial charge on any atom is 0.104 e. The first-order valence-corrected chi connectivity index (χ1v) is 5.81. The van der Waals surface area contributed by atoms with Crippen molar-refractivity contribution in [3.8, 4) is 0 Å². The molecular formula is C14H17NO2. The molecule has 0 aliphatic carbocycles. The second kappa shape index (κ2) is 5.25. The van der Waals surface area contributed by atoms with Gasteiger partial charge in [-0.25, -0.2) is 0 Å². The van der Waals surface area contributed by atoms with Gasteiger partial charge in [-0.05, 0) is 26.0 Å². The van der Waals surface area contributed by atoms with Crippen LogP contribution in [0.2, 0.25) is 0 Å². The van der Waals surface area contributed by atoms with Gasteiger partial charge in [0.2, 0.25) is 0 Å². The molecule has 0 saturated heterocycles. The van der Waals surface area contributed by atoms with Crippen molar-refractivity contribution in [2.75, 3.05) is 6.61 Å². The van der Waals surface area contributed by atoms with Crippen molar-refractivity contribution >= 4 is 10.9 Å². The van der Waals surface area contributed by atoms with E-state index in [9.17, 15) is 5.11 Å². The Morgan fingerprint density at radius 2 is 2.06 bits per heavy atom. The smallest absolute Gasteiger partial charge is 0.104 e. The number of hydrogen-bond acceptors (Lipinski definition) is 3. The molecule has 3 nitrogen and oxygen atoms in total. The molecule has 2 aromatic rings. The van der Waals surface area contributed by atoms with E-state index in [-0.39, 0.29) is 6.10 Å². The topological polar surface area (TPSA) is 42.4 Å². The van der Waals surface area contributed by atoms with Gasteiger partial charge in [0.05, 0.1) is 18.2 Å². The maximum atomic E-state index is 9.96. The number of aromatic nitrogens is 1. The Bertz CT molecular complexity index is 496. The van der Waals surface area contributed by atoms with Crippen molar-refractivity contribution in [3.05, 3.63) is 42.1 Å². The summed E-state index contributed by atoms with van der Waals surface area (Å²) in [4.78, 5) is 4.31. The summed E-state index contributed by atoms with van der Waals surface area (Å²) < 4.78 is 5.39. The first-order chi connectivity index (χ1) is 8.16. The highest BCUT2D eigenvalue weighted by molar-refractivity contribution is 5.78. The maximum absolute atomic E-state index is 9.96. The predicted octanol–water partition coefficient (Wildman–Crippen LogP) is 2.69. The zero-order valence-corrected chi connectivity index (χ0v) is 10.1. The van der Waals surface area contributed by atoms with E-state index >= 15 is 0 Å². The number of nitrogens with zero attached hydrogens (tertiary/aromatic N) is 1. The molecule has 3 heteroatoms. The number of hydrogen-bond donors (Lipinski definition) is 1. The number of aliphatic hydroxyl groups excluding tert-OH is 1. The van der Waals surface area contributed by atoms with Gasteiger partial charge in [-0.15, -0.1) is 0 Å². The Balaban J connectivity index is 2.18. The van der Waals surface area contributed by atoms with Crippen LogP contribution in [0.15, 0.2) is 36.5 Å². The Morgan fingerprint density at radius 3 is 2.82 bits per heavy atom. The van der Waals surface area contributed by atoms with Crippen LogP contribution in [0.25, 0.3) is 10.9 Å². The number of aliphatic hydroxyl groups is 1.